The number of rotatable bonds is 2. The molecule has 6 nitrogen and oxygen atoms in total. The van der Waals surface area contributed by atoms with Crippen LogP contribution in [0.4, 0.5) is 5.69 Å². The van der Waals surface area contributed by atoms with Gasteiger partial charge in [0.15, 0.2) is 11.5 Å². The first-order chi connectivity index (χ1) is 9.15. The quantitative estimate of drug-likeness (QED) is 0.520. The number of nitrogens with zero attached hydrogens (tertiary/aromatic N) is 4. The number of hydrogen-bond donors (Lipinski definition) is 0. The summed E-state index contributed by atoms with van der Waals surface area (Å²) in [5, 5.41) is 15.3. The van der Waals surface area contributed by atoms with Crippen LogP contribution in [0.15, 0.2) is 42.6 Å². The van der Waals surface area contributed by atoms with Gasteiger partial charge in [0.05, 0.1) is 10.5 Å². The fourth-order valence-corrected chi connectivity index (χ4v) is 1.92. The number of nitro benzene ring substituents is 1. The molecule has 0 unspecified atom stereocenters. The first-order valence-corrected chi connectivity index (χ1v) is 5.72. The Balaban J connectivity index is 2.22. The molecule has 2 aromatic heterocycles. The summed E-state index contributed by atoms with van der Waals surface area (Å²) >= 11 is 0. The molecule has 6 heteroatoms. The summed E-state index contributed by atoms with van der Waals surface area (Å²) < 4.78 is 1.61. The molecular formula is C13H10N4O2. The Hall–Kier alpha value is -2.76. The lowest BCUT2D eigenvalue weighted by Gasteiger charge is -1.96. The summed E-state index contributed by atoms with van der Waals surface area (Å²) in [6.07, 6.45) is 1.79. The second kappa shape index (κ2) is 4.16. The Morgan fingerprint density at radius 1 is 1.26 bits per heavy atom. The van der Waals surface area contributed by atoms with E-state index >= 15 is 0 Å². The molecule has 0 aliphatic rings. The molecule has 0 aliphatic carbocycles. The van der Waals surface area contributed by atoms with Gasteiger partial charge in [-0.1, -0.05) is 12.1 Å². The molecule has 0 fully saturated rings. The minimum absolute atomic E-state index is 0.00938. The highest BCUT2D eigenvalue weighted by Gasteiger charge is 2.17. The van der Waals surface area contributed by atoms with Gasteiger partial charge in [0, 0.05) is 12.3 Å². The predicted molar refractivity (Wildman–Crippen MR) is 69.8 cm³/mol. The van der Waals surface area contributed by atoms with Crippen molar-refractivity contribution in [2.24, 2.45) is 0 Å². The third-order valence-electron chi connectivity index (χ3n) is 2.83. The fraction of sp³-hybridized carbons (Fsp3) is 0.0769. The van der Waals surface area contributed by atoms with Gasteiger partial charge < -0.3 is 0 Å². The van der Waals surface area contributed by atoms with Crippen LogP contribution >= 0.6 is 0 Å². The van der Waals surface area contributed by atoms with E-state index in [9.17, 15) is 10.1 Å². The molecular weight excluding hydrogens is 244 g/mol. The van der Waals surface area contributed by atoms with Crippen molar-refractivity contribution in [1.29, 1.82) is 0 Å². The van der Waals surface area contributed by atoms with Gasteiger partial charge in [0.1, 0.15) is 0 Å². The number of fused-ring (bicyclic) bond motifs is 1. The van der Waals surface area contributed by atoms with Crippen LogP contribution in [-0.4, -0.2) is 19.5 Å². The van der Waals surface area contributed by atoms with E-state index in [1.165, 1.54) is 6.07 Å². The number of aryl methyl sites for hydroxylation is 1. The average molecular weight is 254 g/mol. The van der Waals surface area contributed by atoms with Crippen LogP contribution in [0.3, 0.4) is 0 Å². The van der Waals surface area contributed by atoms with E-state index < -0.39 is 4.92 Å². The van der Waals surface area contributed by atoms with Gasteiger partial charge in [-0.25, -0.2) is 9.50 Å². The first kappa shape index (κ1) is 11.3. The van der Waals surface area contributed by atoms with E-state index in [1.54, 1.807) is 28.9 Å². The van der Waals surface area contributed by atoms with Gasteiger partial charge in [0.25, 0.3) is 5.69 Å². The van der Waals surface area contributed by atoms with Gasteiger partial charge in [-0.05, 0) is 30.7 Å². The van der Waals surface area contributed by atoms with Gasteiger partial charge in [0.2, 0.25) is 0 Å². The third kappa shape index (κ3) is 1.93. The average Bonchev–Trinajstić information content (AvgIpc) is 2.81. The molecule has 0 amide bonds. The minimum atomic E-state index is -0.424. The largest absolute Gasteiger partial charge is 0.280 e. The van der Waals surface area contributed by atoms with Crippen molar-refractivity contribution < 1.29 is 4.92 Å². The third-order valence-corrected chi connectivity index (χ3v) is 2.83. The normalized spacial score (nSPS) is 10.8. The van der Waals surface area contributed by atoms with Crippen molar-refractivity contribution >= 4 is 11.3 Å². The molecule has 0 saturated carbocycles. The standard InChI is InChI=1S/C13H10N4O2/c1-9-6-7-16-12(8-9)14-13(15-16)10-4-2-3-5-11(10)17(18)19/h2-8H,1H3. The van der Waals surface area contributed by atoms with Crippen LogP contribution in [0.1, 0.15) is 5.56 Å². The summed E-state index contributed by atoms with van der Waals surface area (Å²) in [4.78, 5) is 14.9. The molecule has 3 aromatic rings. The summed E-state index contributed by atoms with van der Waals surface area (Å²) in [6, 6.07) is 10.3. The monoisotopic (exact) mass is 254 g/mol. The van der Waals surface area contributed by atoms with Crippen LogP contribution in [-0.2, 0) is 0 Å². The number of aromatic nitrogens is 3. The Bertz CT molecular complexity index is 779. The molecule has 0 bridgehead atoms. The second-order valence-corrected chi connectivity index (χ2v) is 4.22. The highest BCUT2D eigenvalue weighted by molar-refractivity contribution is 5.69. The number of benzene rings is 1. The predicted octanol–water partition coefficient (Wildman–Crippen LogP) is 2.61. The Morgan fingerprint density at radius 3 is 2.84 bits per heavy atom. The van der Waals surface area contributed by atoms with Crippen molar-refractivity contribution in [1.82, 2.24) is 14.6 Å². The van der Waals surface area contributed by atoms with Crippen molar-refractivity contribution in [3.05, 3.63) is 58.3 Å². The lowest BCUT2D eigenvalue weighted by atomic mass is 10.2. The van der Waals surface area contributed by atoms with E-state index in [2.05, 4.69) is 10.1 Å². The van der Waals surface area contributed by atoms with E-state index in [1.807, 2.05) is 19.1 Å². The number of hydrogen-bond acceptors (Lipinski definition) is 4. The molecule has 0 radical (unpaired) electrons. The molecule has 3 rings (SSSR count). The summed E-state index contributed by atoms with van der Waals surface area (Å²) in [6.45, 7) is 1.96. The van der Waals surface area contributed by atoms with Crippen LogP contribution < -0.4 is 0 Å². The SMILES string of the molecule is Cc1ccn2nc(-c3ccccc3[N+](=O)[O-])nc2c1. The molecule has 19 heavy (non-hydrogen) atoms. The van der Waals surface area contributed by atoms with Crippen molar-refractivity contribution in [2.45, 2.75) is 6.92 Å². The maximum absolute atomic E-state index is 11.0. The molecule has 0 saturated heterocycles. The maximum Gasteiger partial charge on any atom is 0.280 e. The first-order valence-electron chi connectivity index (χ1n) is 5.72. The lowest BCUT2D eigenvalue weighted by Crippen LogP contribution is -1.93. The van der Waals surface area contributed by atoms with E-state index in [0.29, 0.717) is 17.0 Å². The van der Waals surface area contributed by atoms with Crippen molar-refractivity contribution in [3.63, 3.8) is 0 Å². The maximum atomic E-state index is 11.0. The number of para-hydroxylation sites is 1. The Morgan fingerprint density at radius 2 is 2.05 bits per heavy atom. The molecule has 94 valence electrons. The molecule has 0 atom stereocenters. The molecule has 2 heterocycles. The summed E-state index contributed by atoms with van der Waals surface area (Å²) in [7, 11) is 0. The zero-order valence-corrected chi connectivity index (χ0v) is 10.1. The molecule has 1 aromatic carbocycles. The zero-order chi connectivity index (χ0) is 13.4. The smallest absolute Gasteiger partial charge is 0.258 e. The van der Waals surface area contributed by atoms with Gasteiger partial charge in [-0.3, -0.25) is 10.1 Å². The Labute approximate surface area is 108 Å². The lowest BCUT2D eigenvalue weighted by molar-refractivity contribution is -0.384. The van der Waals surface area contributed by atoms with Crippen LogP contribution in [0.5, 0.6) is 0 Å². The van der Waals surface area contributed by atoms with Gasteiger partial charge in [-0.15, -0.1) is 5.10 Å². The van der Waals surface area contributed by atoms with E-state index in [4.69, 9.17) is 0 Å². The zero-order valence-electron chi connectivity index (χ0n) is 10.1. The minimum Gasteiger partial charge on any atom is -0.258 e. The summed E-state index contributed by atoms with van der Waals surface area (Å²) in [5.41, 5.74) is 2.17. The fourth-order valence-electron chi connectivity index (χ4n) is 1.92. The second-order valence-electron chi connectivity index (χ2n) is 4.22. The van der Waals surface area contributed by atoms with Crippen LogP contribution in [0, 0.1) is 17.0 Å². The van der Waals surface area contributed by atoms with Gasteiger partial charge >= 0.3 is 0 Å². The van der Waals surface area contributed by atoms with Crippen molar-refractivity contribution in [2.75, 3.05) is 0 Å². The van der Waals surface area contributed by atoms with Crippen LogP contribution in [0.2, 0.25) is 0 Å². The highest BCUT2D eigenvalue weighted by Crippen LogP contribution is 2.27. The molecule has 0 spiro atoms. The number of pyridine rings is 1. The van der Waals surface area contributed by atoms with Crippen LogP contribution in [0.25, 0.3) is 17.0 Å². The highest BCUT2D eigenvalue weighted by atomic mass is 16.6. The Kier molecular flexibility index (Phi) is 2.49. The van der Waals surface area contributed by atoms with Crippen molar-refractivity contribution in [3.8, 4) is 11.4 Å². The van der Waals surface area contributed by atoms with E-state index in [0.717, 1.165) is 5.56 Å². The topological polar surface area (TPSA) is 73.3 Å². The number of nitro groups is 1. The van der Waals surface area contributed by atoms with E-state index in [-0.39, 0.29) is 5.69 Å². The molecule has 0 N–H and O–H groups in total. The molecule has 0 aliphatic heterocycles. The summed E-state index contributed by atoms with van der Waals surface area (Å²) in [5.74, 6) is 0.359. The van der Waals surface area contributed by atoms with Gasteiger partial charge in [-0.2, -0.15) is 0 Å².